The van der Waals surface area contributed by atoms with E-state index in [1.54, 1.807) is 0 Å². The maximum Gasteiger partial charge on any atom is 0.145 e. The molecule has 1 aromatic carbocycles. The van der Waals surface area contributed by atoms with E-state index >= 15 is 0 Å². The molecular weight excluding hydrogens is 188 g/mol. The van der Waals surface area contributed by atoms with Crippen LogP contribution in [0, 0.1) is 0 Å². The van der Waals surface area contributed by atoms with Crippen molar-refractivity contribution >= 4 is 0 Å². The first-order chi connectivity index (χ1) is 7.29. The molecule has 1 aromatic rings. The molecule has 0 amide bonds. The van der Waals surface area contributed by atoms with E-state index in [0.717, 1.165) is 5.70 Å². The van der Waals surface area contributed by atoms with E-state index in [9.17, 15) is 0 Å². The zero-order chi connectivity index (χ0) is 10.7. The summed E-state index contributed by atoms with van der Waals surface area (Å²) in [5, 5.41) is 6.51. The fraction of sp³-hybridized carbons (Fsp3) is 0.273. The Kier molecular flexibility index (Phi) is 3.01. The molecule has 15 heavy (non-hydrogen) atoms. The predicted octanol–water partition coefficient (Wildman–Crippen LogP) is 0.571. The molecule has 2 atom stereocenters. The summed E-state index contributed by atoms with van der Waals surface area (Å²) in [6, 6.07) is 10.5. The second-order valence-corrected chi connectivity index (χ2v) is 3.65. The van der Waals surface area contributed by atoms with Crippen molar-refractivity contribution in [3.63, 3.8) is 0 Å². The minimum absolute atomic E-state index is 0.0831. The molecule has 0 spiro atoms. The van der Waals surface area contributed by atoms with E-state index < -0.39 is 0 Å². The first-order valence-electron chi connectivity index (χ1n) is 5.01. The number of hydrazine groups is 1. The first-order valence-corrected chi connectivity index (χ1v) is 5.01. The molecule has 5 N–H and O–H groups in total. The van der Waals surface area contributed by atoms with Crippen molar-refractivity contribution in [3.05, 3.63) is 47.7 Å². The largest absolute Gasteiger partial charge is 0.360 e. The van der Waals surface area contributed by atoms with Gasteiger partial charge >= 0.3 is 0 Å². The Labute approximate surface area is 89.5 Å². The molecule has 4 heteroatoms. The molecule has 80 valence electrons. The maximum atomic E-state index is 5.40. The Morgan fingerprint density at radius 3 is 2.67 bits per heavy atom. The van der Waals surface area contributed by atoms with Gasteiger partial charge in [-0.25, -0.2) is 5.43 Å². The van der Waals surface area contributed by atoms with Crippen LogP contribution >= 0.6 is 0 Å². The Hall–Kier alpha value is -1.36. The van der Waals surface area contributed by atoms with Gasteiger partial charge in [-0.3, -0.25) is 11.2 Å². The van der Waals surface area contributed by atoms with Crippen LogP contribution in [-0.4, -0.2) is 6.29 Å². The average Bonchev–Trinajstić information content (AvgIpc) is 2.29. The van der Waals surface area contributed by atoms with Crippen molar-refractivity contribution in [3.8, 4) is 0 Å². The van der Waals surface area contributed by atoms with Crippen molar-refractivity contribution in [2.24, 2.45) is 5.84 Å². The van der Waals surface area contributed by atoms with Gasteiger partial charge in [0.1, 0.15) is 6.29 Å². The third kappa shape index (κ3) is 2.36. The van der Waals surface area contributed by atoms with Gasteiger partial charge in [0.25, 0.3) is 0 Å². The summed E-state index contributed by atoms with van der Waals surface area (Å²) in [4.78, 5) is 0. The molecule has 1 aliphatic heterocycles. The minimum Gasteiger partial charge on any atom is -0.360 e. The van der Waals surface area contributed by atoms with Gasteiger partial charge in [-0.1, -0.05) is 30.3 Å². The SMILES string of the molecule is CC1=CC(c2ccccc2)NC(NN)N1. The lowest BCUT2D eigenvalue weighted by Crippen LogP contribution is -2.57. The smallest absolute Gasteiger partial charge is 0.145 e. The number of allylic oxidation sites excluding steroid dienone is 1. The van der Waals surface area contributed by atoms with Crippen molar-refractivity contribution in [1.29, 1.82) is 0 Å². The molecule has 0 aromatic heterocycles. The molecular formula is C11H16N4. The predicted molar refractivity (Wildman–Crippen MR) is 60.3 cm³/mol. The molecule has 0 saturated heterocycles. The van der Waals surface area contributed by atoms with Crippen LogP contribution in [0.3, 0.4) is 0 Å². The zero-order valence-corrected chi connectivity index (χ0v) is 8.70. The van der Waals surface area contributed by atoms with Crippen LogP contribution in [0.25, 0.3) is 0 Å². The van der Waals surface area contributed by atoms with E-state index in [1.165, 1.54) is 5.56 Å². The third-order valence-corrected chi connectivity index (χ3v) is 2.46. The fourth-order valence-corrected chi connectivity index (χ4v) is 1.74. The molecule has 2 rings (SSSR count). The van der Waals surface area contributed by atoms with Crippen LogP contribution in [0.4, 0.5) is 0 Å². The standard InChI is InChI=1S/C11H16N4/c1-8-7-10(14-11(13-8)15-12)9-5-3-2-4-6-9/h2-7,10-11,13-15H,12H2,1H3. The normalized spacial score (nSPS) is 25.6. The Bertz CT molecular complexity index is 347. The molecule has 1 heterocycles. The summed E-state index contributed by atoms with van der Waals surface area (Å²) in [6.07, 6.45) is 2.06. The number of hydrogen-bond donors (Lipinski definition) is 4. The molecule has 4 nitrogen and oxygen atoms in total. The fourth-order valence-electron chi connectivity index (χ4n) is 1.74. The van der Waals surface area contributed by atoms with Gasteiger partial charge in [-0.15, -0.1) is 0 Å². The summed E-state index contributed by atoms with van der Waals surface area (Å²) >= 11 is 0. The highest BCUT2D eigenvalue weighted by molar-refractivity contribution is 5.25. The highest BCUT2D eigenvalue weighted by Crippen LogP contribution is 2.18. The van der Waals surface area contributed by atoms with Gasteiger partial charge in [-0.05, 0) is 18.6 Å². The third-order valence-electron chi connectivity index (χ3n) is 2.46. The quantitative estimate of drug-likeness (QED) is 0.420. The Balaban J connectivity index is 2.20. The number of benzene rings is 1. The van der Waals surface area contributed by atoms with Gasteiger partial charge < -0.3 is 5.32 Å². The summed E-state index contributed by atoms with van der Waals surface area (Å²) in [5.41, 5.74) is 5.02. The van der Waals surface area contributed by atoms with Crippen molar-refractivity contribution in [2.75, 3.05) is 0 Å². The maximum absolute atomic E-state index is 5.40. The first kappa shape index (κ1) is 10.2. The van der Waals surface area contributed by atoms with Gasteiger partial charge in [0.2, 0.25) is 0 Å². The van der Waals surface area contributed by atoms with Crippen molar-refractivity contribution in [2.45, 2.75) is 19.3 Å². The van der Waals surface area contributed by atoms with E-state index in [4.69, 9.17) is 5.84 Å². The van der Waals surface area contributed by atoms with E-state index in [1.807, 2.05) is 25.1 Å². The highest BCUT2D eigenvalue weighted by atomic mass is 15.4. The lowest BCUT2D eigenvalue weighted by atomic mass is 10.0. The molecule has 2 unspecified atom stereocenters. The molecule has 0 fully saturated rings. The average molecular weight is 204 g/mol. The van der Waals surface area contributed by atoms with Gasteiger partial charge in [0, 0.05) is 5.70 Å². The second kappa shape index (κ2) is 4.44. The molecule has 1 aliphatic rings. The van der Waals surface area contributed by atoms with Gasteiger partial charge in [0.15, 0.2) is 0 Å². The summed E-state index contributed by atoms with van der Waals surface area (Å²) < 4.78 is 0. The topological polar surface area (TPSA) is 62.1 Å². The Morgan fingerprint density at radius 2 is 2.00 bits per heavy atom. The lowest BCUT2D eigenvalue weighted by molar-refractivity contribution is 0.346. The number of hydrogen-bond acceptors (Lipinski definition) is 4. The number of nitrogens with one attached hydrogen (secondary N) is 3. The van der Waals surface area contributed by atoms with Crippen molar-refractivity contribution in [1.82, 2.24) is 16.1 Å². The van der Waals surface area contributed by atoms with E-state index in [-0.39, 0.29) is 12.3 Å². The molecule has 0 aliphatic carbocycles. The molecule has 0 bridgehead atoms. The molecule has 0 saturated carbocycles. The monoisotopic (exact) mass is 204 g/mol. The van der Waals surface area contributed by atoms with E-state index in [2.05, 4.69) is 34.3 Å². The van der Waals surface area contributed by atoms with E-state index in [0.29, 0.717) is 0 Å². The van der Waals surface area contributed by atoms with Crippen LogP contribution in [-0.2, 0) is 0 Å². The summed E-state index contributed by atoms with van der Waals surface area (Å²) in [5.74, 6) is 5.40. The van der Waals surface area contributed by atoms with Gasteiger partial charge in [-0.2, -0.15) is 0 Å². The molecule has 0 radical (unpaired) electrons. The summed E-state index contributed by atoms with van der Waals surface area (Å²) in [6.45, 7) is 2.03. The minimum atomic E-state index is -0.0831. The highest BCUT2D eigenvalue weighted by Gasteiger charge is 2.18. The van der Waals surface area contributed by atoms with Crippen molar-refractivity contribution < 1.29 is 0 Å². The van der Waals surface area contributed by atoms with Crippen LogP contribution < -0.4 is 21.9 Å². The number of rotatable bonds is 2. The second-order valence-electron chi connectivity index (χ2n) is 3.65. The Morgan fingerprint density at radius 1 is 1.27 bits per heavy atom. The van der Waals surface area contributed by atoms with Crippen LogP contribution in [0.5, 0.6) is 0 Å². The van der Waals surface area contributed by atoms with Crippen LogP contribution in [0.15, 0.2) is 42.1 Å². The zero-order valence-electron chi connectivity index (χ0n) is 8.70. The van der Waals surface area contributed by atoms with Crippen LogP contribution in [0.2, 0.25) is 0 Å². The lowest BCUT2D eigenvalue weighted by Gasteiger charge is -2.30. The van der Waals surface area contributed by atoms with Gasteiger partial charge in [0.05, 0.1) is 6.04 Å². The van der Waals surface area contributed by atoms with Crippen LogP contribution in [0.1, 0.15) is 18.5 Å². The summed E-state index contributed by atoms with van der Waals surface area (Å²) in [7, 11) is 0. The number of nitrogens with two attached hydrogens (primary N) is 1.